The summed E-state index contributed by atoms with van der Waals surface area (Å²) in [5.74, 6) is -0.0887. The van der Waals surface area contributed by atoms with Crippen molar-refractivity contribution in [3.05, 3.63) is 77.9 Å². The molecule has 21 heavy (non-hydrogen) atoms. The summed E-state index contributed by atoms with van der Waals surface area (Å²) in [6.07, 6.45) is 0. The van der Waals surface area contributed by atoms with E-state index in [2.05, 4.69) is 21.2 Å². The van der Waals surface area contributed by atoms with Gasteiger partial charge in [-0.05, 0) is 34.5 Å². The number of nitrogens with one attached hydrogen (secondary N) is 1. The minimum Gasteiger partial charge on any atom is -0.322 e. The number of carbonyl (C=O) groups excluding carboxylic acids is 1. The van der Waals surface area contributed by atoms with Gasteiger partial charge in [0, 0.05) is 16.6 Å². The first-order valence-corrected chi connectivity index (χ1v) is 7.84. The molecule has 0 aliphatic carbocycles. The monoisotopic (exact) mass is 339 g/mol. The maximum absolute atomic E-state index is 12.4. The van der Waals surface area contributed by atoms with Crippen LogP contribution in [0.4, 0.5) is 5.69 Å². The van der Waals surface area contributed by atoms with Crippen LogP contribution in [0.1, 0.15) is 15.9 Å². The van der Waals surface area contributed by atoms with Gasteiger partial charge in [-0.15, -0.1) is 0 Å². The SMILES string of the molecule is O=C(Nc1ccccc1CBr)c1ccc2ccccc2c1. The molecule has 0 aliphatic rings. The summed E-state index contributed by atoms with van der Waals surface area (Å²) in [6, 6.07) is 21.6. The minimum absolute atomic E-state index is 0.0887. The van der Waals surface area contributed by atoms with Crippen molar-refractivity contribution < 1.29 is 4.79 Å². The molecule has 3 rings (SSSR count). The normalized spacial score (nSPS) is 10.5. The summed E-state index contributed by atoms with van der Waals surface area (Å²) in [5, 5.41) is 5.89. The number of para-hydroxylation sites is 1. The van der Waals surface area contributed by atoms with Crippen LogP contribution in [0.15, 0.2) is 66.7 Å². The highest BCUT2D eigenvalue weighted by Gasteiger charge is 2.09. The van der Waals surface area contributed by atoms with Crippen molar-refractivity contribution in [2.75, 3.05) is 5.32 Å². The maximum atomic E-state index is 12.4. The second-order valence-corrected chi connectivity index (χ2v) is 5.37. The molecule has 3 aromatic rings. The van der Waals surface area contributed by atoms with Crippen LogP contribution >= 0.6 is 15.9 Å². The van der Waals surface area contributed by atoms with E-state index in [0.29, 0.717) is 10.9 Å². The van der Waals surface area contributed by atoms with E-state index in [0.717, 1.165) is 22.0 Å². The van der Waals surface area contributed by atoms with Gasteiger partial charge in [-0.1, -0.05) is 64.5 Å². The highest BCUT2D eigenvalue weighted by molar-refractivity contribution is 9.08. The van der Waals surface area contributed by atoms with Crippen LogP contribution < -0.4 is 5.32 Å². The van der Waals surface area contributed by atoms with Crippen LogP contribution in [0.2, 0.25) is 0 Å². The van der Waals surface area contributed by atoms with Gasteiger partial charge >= 0.3 is 0 Å². The molecule has 0 bridgehead atoms. The summed E-state index contributed by atoms with van der Waals surface area (Å²) in [4.78, 5) is 12.4. The summed E-state index contributed by atoms with van der Waals surface area (Å²) in [7, 11) is 0. The fourth-order valence-corrected chi connectivity index (χ4v) is 2.77. The Hall–Kier alpha value is -2.13. The Kier molecular flexibility index (Phi) is 4.02. The molecule has 0 spiro atoms. The molecular formula is C18H14BrNO. The number of anilines is 1. The second kappa shape index (κ2) is 6.10. The van der Waals surface area contributed by atoms with Crippen LogP contribution in [-0.2, 0) is 5.33 Å². The first-order valence-electron chi connectivity index (χ1n) is 6.72. The average molecular weight is 340 g/mol. The third-order valence-corrected chi connectivity index (χ3v) is 4.03. The number of halogens is 1. The number of rotatable bonds is 3. The van der Waals surface area contributed by atoms with E-state index in [-0.39, 0.29) is 5.91 Å². The van der Waals surface area contributed by atoms with Crippen molar-refractivity contribution in [3.63, 3.8) is 0 Å². The largest absolute Gasteiger partial charge is 0.322 e. The van der Waals surface area contributed by atoms with E-state index in [1.54, 1.807) is 0 Å². The fourth-order valence-electron chi connectivity index (χ4n) is 2.28. The van der Waals surface area contributed by atoms with Crippen molar-refractivity contribution in [2.24, 2.45) is 0 Å². The number of hydrogen-bond donors (Lipinski definition) is 1. The average Bonchev–Trinajstić information content (AvgIpc) is 2.55. The Balaban J connectivity index is 1.90. The Bertz CT molecular complexity index is 798. The zero-order chi connectivity index (χ0) is 14.7. The lowest BCUT2D eigenvalue weighted by Gasteiger charge is -2.09. The zero-order valence-corrected chi connectivity index (χ0v) is 12.9. The molecule has 0 aliphatic heterocycles. The van der Waals surface area contributed by atoms with Gasteiger partial charge in [0.2, 0.25) is 0 Å². The molecule has 1 N–H and O–H groups in total. The van der Waals surface area contributed by atoms with Gasteiger partial charge in [-0.25, -0.2) is 0 Å². The minimum atomic E-state index is -0.0887. The Morgan fingerprint density at radius 2 is 1.62 bits per heavy atom. The quantitative estimate of drug-likeness (QED) is 0.669. The van der Waals surface area contributed by atoms with Gasteiger partial charge in [-0.3, -0.25) is 4.79 Å². The summed E-state index contributed by atoms with van der Waals surface area (Å²) >= 11 is 3.44. The lowest BCUT2D eigenvalue weighted by atomic mass is 10.1. The van der Waals surface area contributed by atoms with Crippen molar-refractivity contribution in [2.45, 2.75) is 5.33 Å². The van der Waals surface area contributed by atoms with Gasteiger partial charge in [0.1, 0.15) is 0 Å². The first kappa shape index (κ1) is 13.8. The number of fused-ring (bicyclic) bond motifs is 1. The number of benzene rings is 3. The third kappa shape index (κ3) is 2.98. The molecule has 0 aromatic heterocycles. The highest BCUT2D eigenvalue weighted by atomic mass is 79.9. The van der Waals surface area contributed by atoms with Crippen molar-refractivity contribution in [1.29, 1.82) is 0 Å². The molecule has 1 amide bonds. The van der Waals surface area contributed by atoms with Gasteiger partial charge in [0.25, 0.3) is 5.91 Å². The van der Waals surface area contributed by atoms with Crippen LogP contribution in [0.5, 0.6) is 0 Å². The summed E-state index contributed by atoms with van der Waals surface area (Å²) < 4.78 is 0. The molecule has 0 atom stereocenters. The lowest BCUT2D eigenvalue weighted by Crippen LogP contribution is -2.12. The second-order valence-electron chi connectivity index (χ2n) is 4.81. The van der Waals surface area contributed by atoms with E-state index in [9.17, 15) is 4.79 Å². The van der Waals surface area contributed by atoms with Crippen LogP contribution in [0.25, 0.3) is 10.8 Å². The molecule has 0 saturated carbocycles. The smallest absolute Gasteiger partial charge is 0.255 e. The van der Waals surface area contributed by atoms with Gasteiger partial charge < -0.3 is 5.32 Å². The predicted molar refractivity (Wildman–Crippen MR) is 91.0 cm³/mol. The third-order valence-electron chi connectivity index (χ3n) is 3.42. The van der Waals surface area contributed by atoms with E-state index >= 15 is 0 Å². The Labute approximate surface area is 131 Å². The molecule has 0 heterocycles. The summed E-state index contributed by atoms with van der Waals surface area (Å²) in [6.45, 7) is 0. The van der Waals surface area contributed by atoms with Crippen molar-refractivity contribution in [3.8, 4) is 0 Å². The predicted octanol–water partition coefficient (Wildman–Crippen LogP) is 4.99. The molecule has 3 heteroatoms. The van der Waals surface area contributed by atoms with Gasteiger partial charge in [0.05, 0.1) is 0 Å². The molecule has 104 valence electrons. The van der Waals surface area contributed by atoms with Crippen LogP contribution in [0, 0.1) is 0 Å². The van der Waals surface area contributed by atoms with Crippen molar-refractivity contribution >= 4 is 38.3 Å². The number of hydrogen-bond acceptors (Lipinski definition) is 1. The molecular weight excluding hydrogens is 326 g/mol. The standard InChI is InChI=1S/C18H14BrNO/c19-12-16-7-3-4-8-17(16)20-18(21)15-10-9-13-5-1-2-6-14(13)11-15/h1-11H,12H2,(H,20,21). The fraction of sp³-hybridized carbons (Fsp3) is 0.0556. The Morgan fingerprint density at radius 1 is 0.905 bits per heavy atom. The molecule has 0 saturated heterocycles. The van der Waals surface area contributed by atoms with Crippen LogP contribution in [-0.4, -0.2) is 5.91 Å². The highest BCUT2D eigenvalue weighted by Crippen LogP contribution is 2.20. The number of carbonyl (C=O) groups is 1. The van der Waals surface area contributed by atoms with E-state index in [4.69, 9.17) is 0 Å². The van der Waals surface area contributed by atoms with E-state index < -0.39 is 0 Å². The number of amides is 1. The van der Waals surface area contributed by atoms with E-state index in [1.165, 1.54) is 0 Å². The molecule has 0 fully saturated rings. The van der Waals surface area contributed by atoms with Crippen molar-refractivity contribution in [1.82, 2.24) is 0 Å². The zero-order valence-electron chi connectivity index (χ0n) is 11.3. The topological polar surface area (TPSA) is 29.1 Å². The van der Waals surface area contributed by atoms with Gasteiger partial charge in [0.15, 0.2) is 0 Å². The number of alkyl halides is 1. The molecule has 2 nitrogen and oxygen atoms in total. The van der Waals surface area contributed by atoms with E-state index in [1.807, 2.05) is 66.7 Å². The summed E-state index contributed by atoms with van der Waals surface area (Å²) in [5.41, 5.74) is 2.57. The lowest BCUT2D eigenvalue weighted by molar-refractivity contribution is 0.102. The Morgan fingerprint density at radius 3 is 2.43 bits per heavy atom. The first-order chi connectivity index (χ1) is 10.3. The van der Waals surface area contributed by atoms with Gasteiger partial charge in [-0.2, -0.15) is 0 Å². The molecule has 3 aromatic carbocycles. The molecule has 0 radical (unpaired) electrons. The molecule has 0 unspecified atom stereocenters. The maximum Gasteiger partial charge on any atom is 0.255 e. The van der Waals surface area contributed by atoms with Crippen LogP contribution in [0.3, 0.4) is 0 Å².